The maximum absolute atomic E-state index is 11.9. The molecule has 1 rings (SSSR count). The summed E-state index contributed by atoms with van der Waals surface area (Å²) in [7, 11) is -4.46. The molecule has 1 aliphatic heterocycles. The lowest BCUT2D eigenvalue weighted by Gasteiger charge is -2.27. The van der Waals surface area contributed by atoms with E-state index in [1.807, 2.05) is 0 Å². The summed E-state index contributed by atoms with van der Waals surface area (Å²) >= 11 is 0. The standard InChI is InChI=1S/C4H6F3O4P/c5-4(6,7)3-1-2-10-12(8,9)11-3/h3H,1-2H2,(H,8,9). The summed E-state index contributed by atoms with van der Waals surface area (Å²) in [5.41, 5.74) is 0. The Labute approximate surface area is 65.9 Å². The van der Waals surface area contributed by atoms with Gasteiger partial charge in [0, 0.05) is 6.42 Å². The lowest BCUT2D eigenvalue weighted by Crippen LogP contribution is -2.34. The molecular weight excluding hydrogens is 200 g/mol. The van der Waals surface area contributed by atoms with Crippen molar-refractivity contribution < 1.29 is 31.7 Å². The van der Waals surface area contributed by atoms with Gasteiger partial charge >= 0.3 is 14.0 Å². The van der Waals surface area contributed by atoms with Crippen LogP contribution in [0.4, 0.5) is 13.2 Å². The molecule has 1 heterocycles. The van der Waals surface area contributed by atoms with Gasteiger partial charge in [-0.05, 0) is 0 Å². The third-order valence-corrected chi connectivity index (χ3v) is 2.29. The van der Waals surface area contributed by atoms with Gasteiger partial charge in [0.05, 0.1) is 6.61 Å². The van der Waals surface area contributed by atoms with Gasteiger partial charge in [0.1, 0.15) is 0 Å². The zero-order chi connectivity index (χ0) is 9.41. The monoisotopic (exact) mass is 206 g/mol. The van der Waals surface area contributed by atoms with Crippen molar-refractivity contribution in [3.05, 3.63) is 0 Å². The van der Waals surface area contributed by atoms with Gasteiger partial charge < -0.3 is 4.89 Å². The van der Waals surface area contributed by atoms with E-state index >= 15 is 0 Å². The molecule has 1 N–H and O–H groups in total. The SMILES string of the molecule is O=P1(O)OCCC(C(F)(F)F)O1. The average Bonchev–Trinajstić information content (AvgIpc) is 1.83. The summed E-state index contributed by atoms with van der Waals surface area (Å²) in [6, 6.07) is 0. The molecule has 0 aromatic rings. The van der Waals surface area contributed by atoms with Crippen LogP contribution >= 0.6 is 7.82 Å². The number of phosphoric acid groups is 1. The second-order valence-corrected chi connectivity index (χ2v) is 3.63. The quantitative estimate of drug-likeness (QED) is 0.609. The molecule has 0 saturated carbocycles. The largest absolute Gasteiger partial charge is 0.472 e. The summed E-state index contributed by atoms with van der Waals surface area (Å²) in [6.07, 6.45) is -7.25. The van der Waals surface area contributed by atoms with E-state index in [1.165, 1.54) is 0 Å². The van der Waals surface area contributed by atoms with Crippen LogP contribution in [0.1, 0.15) is 6.42 Å². The van der Waals surface area contributed by atoms with Crippen molar-refractivity contribution in [2.75, 3.05) is 6.61 Å². The zero-order valence-corrected chi connectivity index (χ0v) is 6.64. The Balaban J connectivity index is 2.65. The lowest BCUT2D eigenvalue weighted by molar-refractivity contribution is -0.210. The average molecular weight is 206 g/mol. The van der Waals surface area contributed by atoms with Gasteiger partial charge in [-0.3, -0.25) is 9.05 Å². The summed E-state index contributed by atoms with van der Waals surface area (Å²) in [6.45, 7) is -0.419. The molecule has 8 heteroatoms. The van der Waals surface area contributed by atoms with Crippen LogP contribution in [0.25, 0.3) is 0 Å². The lowest BCUT2D eigenvalue weighted by atomic mass is 10.2. The molecular formula is C4H6F3O4P. The van der Waals surface area contributed by atoms with Crippen molar-refractivity contribution in [3.63, 3.8) is 0 Å². The van der Waals surface area contributed by atoms with Crippen LogP contribution in [0, 0.1) is 0 Å². The van der Waals surface area contributed by atoms with Gasteiger partial charge in [-0.25, -0.2) is 4.57 Å². The molecule has 4 nitrogen and oxygen atoms in total. The van der Waals surface area contributed by atoms with E-state index in [2.05, 4.69) is 9.05 Å². The minimum atomic E-state index is -4.61. The highest BCUT2D eigenvalue weighted by Gasteiger charge is 2.47. The van der Waals surface area contributed by atoms with Crippen LogP contribution in [0.15, 0.2) is 0 Å². The fourth-order valence-electron chi connectivity index (χ4n) is 0.742. The van der Waals surface area contributed by atoms with Gasteiger partial charge in [-0.1, -0.05) is 0 Å². The third-order valence-electron chi connectivity index (χ3n) is 1.26. The van der Waals surface area contributed by atoms with E-state index in [0.29, 0.717) is 0 Å². The van der Waals surface area contributed by atoms with Crippen molar-refractivity contribution >= 4 is 7.82 Å². The van der Waals surface area contributed by atoms with Gasteiger partial charge in [0.15, 0.2) is 6.10 Å². The highest BCUT2D eigenvalue weighted by Crippen LogP contribution is 2.50. The molecule has 0 bridgehead atoms. The molecule has 2 unspecified atom stereocenters. The van der Waals surface area contributed by atoms with E-state index in [1.54, 1.807) is 0 Å². The molecule has 0 aromatic carbocycles. The van der Waals surface area contributed by atoms with E-state index in [4.69, 9.17) is 4.89 Å². The van der Waals surface area contributed by atoms with Crippen molar-refractivity contribution in [1.29, 1.82) is 0 Å². The molecule has 1 fully saturated rings. The first-order chi connectivity index (χ1) is 5.31. The normalized spacial score (nSPS) is 38.2. The Morgan fingerprint density at radius 3 is 2.42 bits per heavy atom. The molecule has 1 aliphatic rings. The molecule has 2 atom stereocenters. The highest BCUT2D eigenvalue weighted by atomic mass is 31.2. The summed E-state index contributed by atoms with van der Waals surface area (Å²) in [5.74, 6) is 0. The van der Waals surface area contributed by atoms with Crippen molar-refractivity contribution in [3.8, 4) is 0 Å². The van der Waals surface area contributed by atoms with Gasteiger partial charge in [0.25, 0.3) is 0 Å². The summed E-state index contributed by atoms with van der Waals surface area (Å²) < 4.78 is 54.0. The third kappa shape index (κ3) is 2.45. The fourth-order valence-corrected chi connectivity index (χ4v) is 1.69. The molecule has 0 amide bonds. The minimum Gasteiger partial charge on any atom is -0.302 e. The predicted molar refractivity (Wildman–Crippen MR) is 31.3 cm³/mol. The second kappa shape index (κ2) is 2.99. The second-order valence-electron chi connectivity index (χ2n) is 2.23. The molecule has 0 radical (unpaired) electrons. The molecule has 0 aromatic heterocycles. The Hall–Kier alpha value is -0.100. The maximum atomic E-state index is 11.9. The molecule has 12 heavy (non-hydrogen) atoms. The predicted octanol–water partition coefficient (Wildman–Crippen LogP) is 1.45. The smallest absolute Gasteiger partial charge is 0.302 e. The zero-order valence-electron chi connectivity index (χ0n) is 5.74. The number of hydrogen-bond acceptors (Lipinski definition) is 3. The fraction of sp³-hybridized carbons (Fsp3) is 1.00. The topological polar surface area (TPSA) is 55.8 Å². The molecule has 0 aliphatic carbocycles. The molecule has 1 saturated heterocycles. The number of hydrogen-bond donors (Lipinski definition) is 1. The summed E-state index contributed by atoms with van der Waals surface area (Å²) in [4.78, 5) is 8.52. The minimum absolute atomic E-state index is 0.419. The van der Waals surface area contributed by atoms with Crippen molar-refractivity contribution in [2.24, 2.45) is 0 Å². The first kappa shape index (κ1) is 9.98. The highest BCUT2D eigenvalue weighted by molar-refractivity contribution is 7.47. The number of halogens is 3. The van der Waals surface area contributed by atoms with Crippen LogP contribution in [0.5, 0.6) is 0 Å². The Morgan fingerprint density at radius 1 is 1.50 bits per heavy atom. The molecule has 72 valence electrons. The van der Waals surface area contributed by atoms with E-state index in [-0.39, 0.29) is 0 Å². The van der Waals surface area contributed by atoms with E-state index < -0.39 is 33.1 Å². The maximum Gasteiger partial charge on any atom is 0.472 e. The van der Waals surface area contributed by atoms with Crippen LogP contribution in [0.2, 0.25) is 0 Å². The van der Waals surface area contributed by atoms with Gasteiger partial charge in [-0.15, -0.1) is 0 Å². The number of alkyl halides is 3. The van der Waals surface area contributed by atoms with E-state index in [0.717, 1.165) is 0 Å². The molecule has 0 spiro atoms. The Bertz CT molecular complexity index is 215. The van der Waals surface area contributed by atoms with Crippen molar-refractivity contribution in [1.82, 2.24) is 0 Å². The first-order valence-corrected chi connectivity index (χ1v) is 4.53. The summed E-state index contributed by atoms with van der Waals surface area (Å²) in [5, 5.41) is 0. The van der Waals surface area contributed by atoms with Crippen LogP contribution in [0.3, 0.4) is 0 Å². The van der Waals surface area contributed by atoms with Gasteiger partial charge in [0.2, 0.25) is 0 Å². The van der Waals surface area contributed by atoms with Crippen LogP contribution < -0.4 is 0 Å². The van der Waals surface area contributed by atoms with E-state index in [9.17, 15) is 17.7 Å². The number of phosphoric ester groups is 1. The Kier molecular flexibility index (Phi) is 2.49. The van der Waals surface area contributed by atoms with Crippen LogP contribution in [-0.4, -0.2) is 23.8 Å². The van der Waals surface area contributed by atoms with Crippen molar-refractivity contribution in [2.45, 2.75) is 18.7 Å². The van der Waals surface area contributed by atoms with Gasteiger partial charge in [-0.2, -0.15) is 13.2 Å². The van der Waals surface area contributed by atoms with Crippen LogP contribution in [-0.2, 0) is 13.6 Å². The Morgan fingerprint density at radius 2 is 2.08 bits per heavy atom. The first-order valence-electron chi connectivity index (χ1n) is 3.04. The number of rotatable bonds is 0.